The zero-order valence-corrected chi connectivity index (χ0v) is 15.5. The molecule has 1 N–H and O–H groups in total. The molecule has 134 valence electrons. The van der Waals surface area contributed by atoms with Gasteiger partial charge in [-0.05, 0) is 26.2 Å². The molecule has 1 saturated carbocycles. The van der Waals surface area contributed by atoms with Gasteiger partial charge in [-0.15, -0.1) is 10.2 Å². The van der Waals surface area contributed by atoms with Gasteiger partial charge in [-0.1, -0.05) is 31.0 Å². The Morgan fingerprint density at radius 3 is 2.67 bits per heavy atom. The number of rotatable bonds is 5. The summed E-state index contributed by atoms with van der Waals surface area (Å²) in [6.07, 6.45) is 6.52. The van der Waals surface area contributed by atoms with Gasteiger partial charge in [0.25, 0.3) is 0 Å². The highest BCUT2D eigenvalue weighted by atomic mass is 32.2. The molecule has 2 aliphatic rings. The van der Waals surface area contributed by atoms with Gasteiger partial charge in [-0.2, -0.15) is 0 Å². The van der Waals surface area contributed by atoms with E-state index >= 15 is 0 Å². The summed E-state index contributed by atoms with van der Waals surface area (Å²) >= 11 is 1.38. The Hall–Kier alpha value is -1.09. The molecule has 1 amide bonds. The van der Waals surface area contributed by atoms with Gasteiger partial charge in [0.05, 0.1) is 17.3 Å². The summed E-state index contributed by atoms with van der Waals surface area (Å²) in [7, 11) is -2.97. The van der Waals surface area contributed by atoms with Crippen LogP contribution in [0.15, 0.2) is 5.16 Å². The van der Waals surface area contributed by atoms with E-state index in [2.05, 4.69) is 20.1 Å². The molecule has 24 heavy (non-hydrogen) atoms. The van der Waals surface area contributed by atoms with Crippen LogP contribution in [-0.2, 0) is 14.6 Å². The summed E-state index contributed by atoms with van der Waals surface area (Å²) in [5.41, 5.74) is 0. The normalized spacial score (nSPS) is 24.1. The minimum absolute atomic E-state index is 0.0563. The van der Waals surface area contributed by atoms with Gasteiger partial charge in [-0.3, -0.25) is 4.79 Å². The first kappa shape index (κ1) is 17.7. The van der Waals surface area contributed by atoms with Crippen molar-refractivity contribution in [1.82, 2.24) is 20.1 Å². The SMILES string of the molecule is Cc1nnc(SCC(=O)N[C@H]2CCS(=O)(=O)C2)n1C1CCCCC1. The highest BCUT2D eigenvalue weighted by Crippen LogP contribution is 2.32. The van der Waals surface area contributed by atoms with Gasteiger partial charge in [0, 0.05) is 12.1 Å². The lowest BCUT2D eigenvalue weighted by Crippen LogP contribution is -2.36. The molecule has 1 aliphatic carbocycles. The first-order chi connectivity index (χ1) is 11.4. The number of hydrogen-bond donors (Lipinski definition) is 1. The van der Waals surface area contributed by atoms with Crippen molar-refractivity contribution in [1.29, 1.82) is 0 Å². The number of thioether (sulfide) groups is 1. The van der Waals surface area contributed by atoms with Crippen molar-refractivity contribution in [2.24, 2.45) is 0 Å². The fraction of sp³-hybridized carbons (Fsp3) is 0.800. The predicted octanol–water partition coefficient (Wildman–Crippen LogP) is 1.49. The first-order valence-electron chi connectivity index (χ1n) is 8.49. The summed E-state index contributed by atoms with van der Waals surface area (Å²) in [5.74, 6) is 1.22. The van der Waals surface area contributed by atoms with Gasteiger partial charge in [0.1, 0.15) is 5.82 Å². The van der Waals surface area contributed by atoms with Crippen LogP contribution in [0.5, 0.6) is 0 Å². The third-order valence-electron chi connectivity index (χ3n) is 4.70. The third kappa shape index (κ3) is 4.30. The van der Waals surface area contributed by atoms with Crippen molar-refractivity contribution < 1.29 is 13.2 Å². The van der Waals surface area contributed by atoms with E-state index in [1.165, 1.54) is 31.0 Å². The lowest BCUT2D eigenvalue weighted by atomic mass is 9.95. The highest BCUT2D eigenvalue weighted by molar-refractivity contribution is 7.99. The number of nitrogens with zero attached hydrogens (tertiary/aromatic N) is 3. The highest BCUT2D eigenvalue weighted by Gasteiger charge is 2.29. The number of carbonyl (C=O) groups is 1. The van der Waals surface area contributed by atoms with Crippen molar-refractivity contribution in [3.63, 3.8) is 0 Å². The zero-order valence-electron chi connectivity index (χ0n) is 13.9. The second-order valence-corrected chi connectivity index (χ2v) is 9.82. The monoisotopic (exact) mass is 372 g/mol. The van der Waals surface area contributed by atoms with E-state index in [0.717, 1.165) is 23.8 Å². The van der Waals surface area contributed by atoms with Crippen LogP contribution in [0.4, 0.5) is 0 Å². The number of aryl methyl sites for hydroxylation is 1. The number of nitrogens with one attached hydrogen (secondary N) is 1. The quantitative estimate of drug-likeness (QED) is 0.787. The molecule has 1 aliphatic heterocycles. The lowest BCUT2D eigenvalue weighted by molar-refractivity contribution is -0.119. The van der Waals surface area contributed by atoms with Crippen LogP contribution >= 0.6 is 11.8 Å². The van der Waals surface area contributed by atoms with E-state index in [9.17, 15) is 13.2 Å². The molecule has 1 aromatic heterocycles. The Morgan fingerprint density at radius 1 is 1.25 bits per heavy atom. The molecule has 1 saturated heterocycles. The first-order valence-corrected chi connectivity index (χ1v) is 11.3. The van der Waals surface area contributed by atoms with Gasteiger partial charge in [-0.25, -0.2) is 8.42 Å². The number of amides is 1. The second kappa shape index (κ2) is 7.43. The van der Waals surface area contributed by atoms with Crippen LogP contribution in [0.2, 0.25) is 0 Å². The largest absolute Gasteiger partial charge is 0.352 e. The molecule has 0 bridgehead atoms. The predicted molar refractivity (Wildman–Crippen MR) is 92.8 cm³/mol. The van der Waals surface area contributed by atoms with Crippen molar-refractivity contribution >= 4 is 27.5 Å². The molecule has 2 fully saturated rings. The molecule has 3 rings (SSSR count). The molecule has 1 atom stereocenters. The van der Waals surface area contributed by atoms with Crippen LogP contribution < -0.4 is 5.32 Å². The molecular weight excluding hydrogens is 348 g/mol. The maximum Gasteiger partial charge on any atom is 0.230 e. The molecule has 1 aromatic rings. The van der Waals surface area contributed by atoms with E-state index in [-0.39, 0.29) is 29.2 Å². The Bertz CT molecular complexity index is 696. The van der Waals surface area contributed by atoms with Crippen molar-refractivity contribution in [2.75, 3.05) is 17.3 Å². The third-order valence-corrected chi connectivity index (χ3v) is 7.42. The second-order valence-electron chi connectivity index (χ2n) is 6.65. The summed E-state index contributed by atoms with van der Waals surface area (Å²) in [4.78, 5) is 12.1. The number of sulfone groups is 1. The minimum atomic E-state index is -2.97. The molecule has 0 spiro atoms. The average molecular weight is 373 g/mol. The maximum absolute atomic E-state index is 12.1. The fourth-order valence-electron chi connectivity index (χ4n) is 3.52. The smallest absolute Gasteiger partial charge is 0.230 e. The number of aromatic nitrogens is 3. The molecule has 2 heterocycles. The lowest BCUT2D eigenvalue weighted by Gasteiger charge is -2.25. The van der Waals surface area contributed by atoms with E-state index in [1.54, 1.807) is 0 Å². The van der Waals surface area contributed by atoms with E-state index < -0.39 is 9.84 Å². The molecule has 7 nitrogen and oxygen atoms in total. The Balaban J connectivity index is 1.56. The van der Waals surface area contributed by atoms with Crippen LogP contribution in [0.25, 0.3) is 0 Å². The van der Waals surface area contributed by atoms with E-state index in [1.807, 2.05) is 6.92 Å². The Labute approximate surface area is 146 Å². The Kier molecular flexibility index (Phi) is 5.49. The summed E-state index contributed by atoms with van der Waals surface area (Å²) in [5, 5.41) is 12.0. The molecular formula is C15H24N4O3S2. The van der Waals surface area contributed by atoms with Crippen molar-refractivity contribution in [2.45, 2.75) is 62.7 Å². The van der Waals surface area contributed by atoms with Crippen LogP contribution in [0.1, 0.15) is 50.4 Å². The van der Waals surface area contributed by atoms with Gasteiger partial charge < -0.3 is 9.88 Å². The zero-order chi connectivity index (χ0) is 17.2. The van der Waals surface area contributed by atoms with Crippen LogP contribution in [0.3, 0.4) is 0 Å². The number of carbonyl (C=O) groups excluding carboxylic acids is 1. The fourth-order valence-corrected chi connectivity index (χ4v) is 6.05. The molecule has 0 unspecified atom stereocenters. The standard InChI is InChI=1S/C15H24N4O3S2/c1-11-17-18-15(19(11)13-5-3-2-4-6-13)23-9-14(20)16-12-7-8-24(21,22)10-12/h12-13H,2-10H2,1H3,(H,16,20)/t12-/m0/s1. The Morgan fingerprint density at radius 2 is 2.00 bits per heavy atom. The van der Waals surface area contributed by atoms with Crippen LogP contribution in [0, 0.1) is 6.92 Å². The molecule has 0 aromatic carbocycles. The van der Waals surface area contributed by atoms with E-state index in [4.69, 9.17) is 0 Å². The van der Waals surface area contributed by atoms with Gasteiger partial charge >= 0.3 is 0 Å². The van der Waals surface area contributed by atoms with Gasteiger partial charge in [0.2, 0.25) is 5.91 Å². The van der Waals surface area contributed by atoms with Gasteiger partial charge in [0.15, 0.2) is 15.0 Å². The molecule has 0 radical (unpaired) electrons. The summed E-state index contributed by atoms with van der Waals surface area (Å²) in [6, 6.07) is 0.181. The summed E-state index contributed by atoms with van der Waals surface area (Å²) in [6.45, 7) is 1.95. The number of hydrogen-bond acceptors (Lipinski definition) is 6. The minimum Gasteiger partial charge on any atom is -0.352 e. The topological polar surface area (TPSA) is 94.0 Å². The maximum atomic E-state index is 12.1. The molecule has 9 heteroatoms. The van der Waals surface area contributed by atoms with E-state index in [0.29, 0.717) is 12.5 Å². The van der Waals surface area contributed by atoms with Crippen molar-refractivity contribution in [3.05, 3.63) is 5.82 Å². The summed E-state index contributed by atoms with van der Waals surface area (Å²) < 4.78 is 25.1. The van der Waals surface area contributed by atoms with Crippen LogP contribution in [-0.4, -0.2) is 52.4 Å². The average Bonchev–Trinajstić information content (AvgIpc) is 3.08. The van der Waals surface area contributed by atoms with Crippen molar-refractivity contribution in [3.8, 4) is 0 Å².